The van der Waals surface area contributed by atoms with Crippen molar-refractivity contribution in [2.75, 3.05) is 11.9 Å². The highest BCUT2D eigenvalue weighted by molar-refractivity contribution is 5.90. The van der Waals surface area contributed by atoms with Gasteiger partial charge in [0.05, 0.1) is 0 Å². The molecule has 0 unspecified atom stereocenters. The van der Waals surface area contributed by atoms with E-state index in [1.54, 1.807) is 11.0 Å². The third-order valence-electron chi connectivity index (χ3n) is 4.37. The van der Waals surface area contributed by atoms with E-state index in [0.29, 0.717) is 19.0 Å². The quantitative estimate of drug-likeness (QED) is 0.700. The van der Waals surface area contributed by atoms with Crippen LogP contribution in [-0.4, -0.2) is 22.5 Å². The number of carbonyl (C=O) groups is 1. The Morgan fingerprint density at radius 2 is 1.81 bits per heavy atom. The molecule has 2 amide bonds. The van der Waals surface area contributed by atoms with Crippen molar-refractivity contribution in [2.24, 2.45) is 5.92 Å². The topological polar surface area (TPSA) is 65.2 Å². The standard InChI is InChI=1S/C22H25N3O2/c1-15(2)13-25(22(27)23-18-10-8-16(3)9-11-18)14-17-12-21(26)24-20-7-5-4-6-19(17)20/h4-12,15H,13-14H2,1-3H3,(H,23,27)(H,24,26). The molecule has 0 aliphatic rings. The van der Waals surface area contributed by atoms with Gasteiger partial charge in [0, 0.05) is 35.7 Å². The first-order chi connectivity index (χ1) is 12.9. The Balaban J connectivity index is 1.88. The van der Waals surface area contributed by atoms with Crippen molar-refractivity contribution in [3.8, 4) is 0 Å². The van der Waals surface area contributed by atoms with Gasteiger partial charge in [-0.2, -0.15) is 0 Å². The van der Waals surface area contributed by atoms with Crippen molar-refractivity contribution in [2.45, 2.75) is 27.3 Å². The number of para-hydroxylation sites is 1. The molecule has 3 aromatic rings. The number of urea groups is 1. The number of pyridine rings is 1. The van der Waals surface area contributed by atoms with E-state index in [4.69, 9.17) is 0 Å². The highest BCUT2D eigenvalue weighted by Gasteiger charge is 2.17. The van der Waals surface area contributed by atoms with Gasteiger partial charge in [-0.05, 0) is 36.6 Å². The minimum atomic E-state index is -0.170. The van der Waals surface area contributed by atoms with Crippen LogP contribution in [0.1, 0.15) is 25.0 Å². The number of amides is 2. The average Bonchev–Trinajstić information content (AvgIpc) is 2.62. The van der Waals surface area contributed by atoms with Crippen LogP contribution in [0.4, 0.5) is 10.5 Å². The molecule has 0 radical (unpaired) electrons. The van der Waals surface area contributed by atoms with E-state index in [1.807, 2.05) is 55.5 Å². The number of fused-ring (bicyclic) bond motifs is 1. The van der Waals surface area contributed by atoms with Crippen LogP contribution in [0.2, 0.25) is 0 Å². The molecule has 5 nitrogen and oxygen atoms in total. The van der Waals surface area contributed by atoms with Gasteiger partial charge in [0.2, 0.25) is 5.56 Å². The number of aromatic amines is 1. The van der Waals surface area contributed by atoms with E-state index in [1.165, 1.54) is 0 Å². The normalized spacial score (nSPS) is 11.0. The zero-order valence-corrected chi connectivity index (χ0v) is 16.0. The molecule has 2 aromatic carbocycles. The summed E-state index contributed by atoms with van der Waals surface area (Å²) >= 11 is 0. The monoisotopic (exact) mass is 363 g/mol. The summed E-state index contributed by atoms with van der Waals surface area (Å²) in [6.07, 6.45) is 0. The predicted molar refractivity (Wildman–Crippen MR) is 110 cm³/mol. The molecule has 0 fully saturated rings. The number of nitrogens with one attached hydrogen (secondary N) is 2. The molecular formula is C22H25N3O2. The number of rotatable bonds is 5. The van der Waals surface area contributed by atoms with Crippen molar-refractivity contribution in [3.05, 3.63) is 76.1 Å². The molecule has 0 saturated heterocycles. The molecule has 0 bridgehead atoms. The minimum Gasteiger partial charge on any atom is -0.322 e. The molecule has 0 atom stereocenters. The summed E-state index contributed by atoms with van der Waals surface area (Å²) in [5.74, 6) is 0.307. The predicted octanol–water partition coefficient (Wildman–Crippen LogP) is 4.53. The molecule has 5 heteroatoms. The first kappa shape index (κ1) is 18.7. The molecule has 140 valence electrons. The minimum absolute atomic E-state index is 0.160. The third kappa shape index (κ3) is 4.76. The molecule has 0 spiro atoms. The Bertz CT molecular complexity index is 990. The lowest BCUT2D eigenvalue weighted by Crippen LogP contribution is -2.37. The molecule has 2 N–H and O–H groups in total. The second-order valence-corrected chi connectivity index (χ2v) is 7.27. The molecule has 0 saturated carbocycles. The number of nitrogens with zero attached hydrogens (tertiary/aromatic N) is 1. The summed E-state index contributed by atoms with van der Waals surface area (Å²) in [5, 5.41) is 3.91. The number of carbonyl (C=O) groups excluding carboxylic acids is 1. The molecule has 0 aliphatic carbocycles. The van der Waals surface area contributed by atoms with Gasteiger partial charge in [-0.3, -0.25) is 4.79 Å². The number of anilines is 1. The van der Waals surface area contributed by atoms with Crippen LogP contribution in [0.25, 0.3) is 10.9 Å². The lowest BCUT2D eigenvalue weighted by atomic mass is 10.1. The number of hydrogen-bond donors (Lipinski definition) is 2. The second kappa shape index (κ2) is 8.08. The van der Waals surface area contributed by atoms with Crippen LogP contribution >= 0.6 is 0 Å². The van der Waals surface area contributed by atoms with Crippen molar-refractivity contribution < 1.29 is 4.79 Å². The summed E-state index contributed by atoms with van der Waals surface area (Å²) in [7, 11) is 0. The molecular weight excluding hydrogens is 338 g/mol. The number of aromatic nitrogens is 1. The molecule has 0 aliphatic heterocycles. The fraction of sp³-hybridized carbons (Fsp3) is 0.273. The second-order valence-electron chi connectivity index (χ2n) is 7.27. The Kier molecular flexibility index (Phi) is 5.60. The van der Waals surface area contributed by atoms with E-state index in [2.05, 4.69) is 24.1 Å². The lowest BCUT2D eigenvalue weighted by molar-refractivity contribution is 0.202. The largest absolute Gasteiger partial charge is 0.322 e. The third-order valence-corrected chi connectivity index (χ3v) is 4.37. The summed E-state index contributed by atoms with van der Waals surface area (Å²) < 4.78 is 0. The highest BCUT2D eigenvalue weighted by Crippen LogP contribution is 2.18. The Labute approximate surface area is 159 Å². The van der Waals surface area contributed by atoms with Crippen LogP contribution < -0.4 is 10.9 Å². The maximum absolute atomic E-state index is 12.9. The lowest BCUT2D eigenvalue weighted by Gasteiger charge is -2.25. The average molecular weight is 363 g/mol. The van der Waals surface area contributed by atoms with E-state index >= 15 is 0 Å². The Hall–Kier alpha value is -3.08. The summed E-state index contributed by atoms with van der Waals surface area (Å²) in [5.41, 5.74) is 3.36. The van der Waals surface area contributed by atoms with Crippen molar-refractivity contribution in [1.29, 1.82) is 0 Å². The van der Waals surface area contributed by atoms with Gasteiger partial charge in [-0.1, -0.05) is 49.7 Å². The Morgan fingerprint density at radius 1 is 1.11 bits per heavy atom. The zero-order chi connectivity index (χ0) is 19.4. The highest BCUT2D eigenvalue weighted by atomic mass is 16.2. The maximum atomic E-state index is 12.9. The van der Waals surface area contributed by atoms with Crippen molar-refractivity contribution in [1.82, 2.24) is 9.88 Å². The van der Waals surface area contributed by atoms with Crippen LogP contribution in [0.5, 0.6) is 0 Å². The van der Waals surface area contributed by atoms with Crippen LogP contribution in [0, 0.1) is 12.8 Å². The summed E-state index contributed by atoms with van der Waals surface area (Å²) in [4.78, 5) is 29.5. The fourth-order valence-electron chi connectivity index (χ4n) is 3.11. The van der Waals surface area contributed by atoms with E-state index < -0.39 is 0 Å². The summed E-state index contributed by atoms with van der Waals surface area (Å²) in [6, 6.07) is 16.8. The van der Waals surface area contributed by atoms with Gasteiger partial charge in [-0.25, -0.2) is 4.79 Å². The van der Waals surface area contributed by atoms with Gasteiger partial charge in [-0.15, -0.1) is 0 Å². The number of hydrogen-bond acceptors (Lipinski definition) is 2. The van der Waals surface area contributed by atoms with Crippen LogP contribution in [-0.2, 0) is 6.54 Å². The molecule has 1 heterocycles. The molecule has 3 rings (SSSR count). The summed E-state index contributed by atoms with van der Waals surface area (Å²) in [6.45, 7) is 7.12. The first-order valence-electron chi connectivity index (χ1n) is 9.16. The van der Waals surface area contributed by atoms with E-state index in [9.17, 15) is 9.59 Å². The number of aryl methyl sites for hydroxylation is 1. The van der Waals surface area contributed by atoms with Gasteiger partial charge < -0.3 is 15.2 Å². The number of benzene rings is 2. The van der Waals surface area contributed by atoms with Crippen LogP contribution in [0.15, 0.2) is 59.4 Å². The SMILES string of the molecule is Cc1ccc(NC(=O)N(Cc2cc(=O)[nH]c3ccccc23)CC(C)C)cc1. The fourth-order valence-corrected chi connectivity index (χ4v) is 3.11. The smallest absolute Gasteiger partial charge is 0.322 e. The maximum Gasteiger partial charge on any atom is 0.322 e. The molecule has 27 heavy (non-hydrogen) atoms. The van der Waals surface area contributed by atoms with Crippen molar-refractivity contribution >= 4 is 22.6 Å². The van der Waals surface area contributed by atoms with E-state index in [-0.39, 0.29) is 11.6 Å². The van der Waals surface area contributed by atoms with Crippen LogP contribution in [0.3, 0.4) is 0 Å². The zero-order valence-electron chi connectivity index (χ0n) is 16.0. The first-order valence-corrected chi connectivity index (χ1v) is 9.16. The van der Waals surface area contributed by atoms with Gasteiger partial charge >= 0.3 is 6.03 Å². The van der Waals surface area contributed by atoms with Gasteiger partial charge in [0.1, 0.15) is 0 Å². The van der Waals surface area contributed by atoms with Crippen molar-refractivity contribution in [3.63, 3.8) is 0 Å². The van der Waals surface area contributed by atoms with Gasteiger partial charge in [0.25, 0.3) is 0 Å². The Morgan fingerprint density at radius 3 is 2.52 bits per heavy atom. The number of H-pyrrole nitrogens is 1. The van der Waals surface area contributed by atoms with E-state index in [0.717, 1.165) is 27.7 Å². The van der Waals surface area contributed by atoms with Gasteiger partial charge in [0.15, 0.2) is 0 Å². The molecule has 1 aromatic heterocycles.